The van der Waals surface area contributed by atoms with Crippen LogP contribution in [0.1, 0.15) is 18.9 Å². The number of imide groups is 1. The SMILES string of the molecule is C/C(=C1/CC(=O)NC1=O)c1cnn(-c2ccccc2)c1. The molecule has 20 heavy (non-hydrogen) atoms. The van der Waals surface area contributed by atoms with Crippen LogP contribution < -0.4 is 5.32 Å². The van der Waals surface area contributed by atoms with Crippen LogP contribution in [0.5, 0.6) is 0 Å². The smallest absolute Gasteiger partial charge is 0.254 e. The number of allylic oxidation sites excluding steroid dienone is 1. The molecule has 2 amide bonds. The van der Waals surface area contributed by atoms with E-state index in [1.165, 1.54) is 0 Å². The van der Waals surface area contributed by atoms with Gasteiger partial charge in [-0.1, -0.05) is 18.2 Å². The maximum absolute atomic E-state index is 11.7. The summed E-state index contributed by atoms with van der Waals surface area (Å²) in [7, 11) is 0. The molecule has 5 heteroatoms. The van der Waals surface area contributed by atoms with Crippen molar-refractivity contribution in [2.45, 2.75) is 13.3 Å². The molecule has 1 N–H and O–H groups in total. The van der Waals surface area contributed by atoms with Crippen LogP contribution in [0.25, 0.3) is 11.3 Å². The Morgan fingerprint density at radius 2 is 2.00 bits per heavy atom. The molecule has 1 saturated heterocycles. The van der Waals surface area contributed by atoms with E-state index in [9.17, 15) is 9.59 Å². The van der Waals surface area contributed by atoms with Crippen LogP contribution in [-0.4, -0.2) is 21.6 Å². The average Bonchev–Trinajstić information content (AvgIpc) is 3.06. The summed E-state index contributed by atoms with van der Waals surface area (Å²) in [6.07, 6.45) is 3.69. The second-order valence-corrected chi connectivity index (χ2v) is 4.67. The Morgan fingerprint density at radius 1 is 1.25 bits per heavy atom. The van der Waals surface area contributed by atoms with Crippen molar-refractivity contribution in [3.05, 3.63) is 53.9 Å². The van der Waals surface area contributed by atoms with Crippen LogP contribution >= 0.6 is 0 Å². The second kappa shape index (κ2) is 4.77. The van der Waals surface area contributed by atoms with E-state index in [0.717, 1.165) is 16.8 Å². The molecule has 3 rings (SSSR count). The molecule has 0 spiro atoms. The molecule has 100 valence electrons. The van der Waals surface area contributed by atoms with Gasteiger partial charge in [0.2, 0.25) is 5.91 Å². The second-order valence-electron chi connectivity index (χ2n) is 4.67. The van der Waals surface area contributed by atoms with Gasteiger partial charge in [-0.05, 0) is 24.6 Å². The van der Waals surface area contributed by atoms with Crippen molar-refractivity contribution in [1.82, 2.24) is 15.1 Å². The van der Waals surface area contributed by atoms with Gasteiger partial charge in [0.1, 0.15) is 0 Å². The van der Waals surface area contributed by atoms with Gasteiger partial charge >= 0.3 is 0 Å². The Morgan fingerprint density at radius 3 is 2.65 bits per heavy atom. The lowest BCUT2D eigenvalue weighted by Gasteiger charge is -2.01. The lowest BCUT2D eigenvalue weighted by molar-refractivity contribution is -0.124. The lowest BCUT2D eigenvalue weighted by atomic mass is 10.0. The molecule has 0 atom stereocenters. The van der Waals surface area contributed by atoms with Crippen molar-refractivity contribution in [3.8, 4) is 5.69 Å². The van der Waals surface area contributed by atoms with Crippen LogP contribution in [0, 0.1) is 0 Å². The molecule has 2 heterocycles. The van der Waals surface area contributed by atoms with Crippen molar-refractivity contribution in [2.24, 2.45) is 0 Å². The first-order chi connectivity index (χ1) is 9.65. The van der Waals surface area contributed by atoms with Crippen molar-refractivity contribution >= 4 is 17.4 Å². The Balaban J connectivity index is 1.97. The van der Waals surface area contributed by atoms with E-state index >= 15 is 0 Å². The summed E-state index contributed by atoms with van der Waals surface area (Å²) in [5.74, 6) is -0.556. The molecule has 1 fully saturated rings. The van der Waals surface area contributed by atoms with E-state index in [-0.39, 0.29) is 18.2 Å². The normalized spacial score (nSPS) is 17.2. The number of hydrogen-bond acceptors (Lipinski definition) is 3. The zero-order valence-corrected chi connectivity index (χ0v) is 11.0. The molecule has 2 aromatic rings. The standard InChI is InChI=1S/C15H13N3O2/c1-10(13-7-14(19)17-15(13)20)11-8-16-18(9-11)12-5-3-2-4-6-12/h2-6,8-9H,7H2,1H3,(H,17,19,20)/b13-10+. The highest BCUT2D eigenvalue weighted by Gasteiger charge is 2.26. The summed E-state index contributed by atoms with van der Waals surface area (Å²) in [6.45, 7) is 1.83. The summed E-state index contributed by atoms with van der Waals surface area (Å²) >= 11 is 0. The molecule has 0 bridgehead atoms. The third-order valence-corrected chi connectivity index (χ3v) is 3.35. The summed E-state index contributed by atoms with van der Waals surface area (Å²) in [4.78, 5) is 22.9. The zero-order valence-electron chi connectivity index (χ0n) is 11.0. The Labute approximate surface area is 115 Å². The summed E-state index contributed by atoms with van der Waals surface area (Å²) < 4.78 is 1.74. The Hall–Kier alpha value is -2.69. The van der Waals surface area contributed by atoms with Crippen LogP contribution in [0.15, 0.2) is 48.3 Å². The van der Waals surface area contributed by atoms with Gasteiger partial charge in [-0.3, -0.25) is 14.9 Å². The number of nitrogens with zero attached hydrogens (tertiary/aromatic N) is 2. The van der Waals surface area contributed by atoms with Crippen LogP contribution in [0.2, 0.25) is 0 Å². The van der Waals surface area contributed by atoms with Crippen molar-refractivity contribution in [3.63, 3.8) is 0 Å². The van der Waals surface area contributed by atoms with Crippen molar-refractivity contribution < 1.29 is 9.59 Å². The average molecular weight is 267 g/mol. The highest BCUT2D eigenvalue weighted by atomic mass is 16.2. The van der Waals surface area contributed by atoms with E-state index in [1.54, 1.807) is 10.9 Å². The van der Waals surface area contributed by atoms with Gasteiger partial charge in [0.05, 0.1) is 18.3 Å². The van der Waals surface area contributed by atoms with Gasteiger partial charge in [0.15, 0.2) is 0 Å². The maximum atomic E-state index is 11.7. The third-order valence-electron chi connectivity index (χ3n) is 3.35. The van der Waals surface area contributed by atoms with Crippen molar-refractivity contribution in [1.29, 1.82) is 0 Å². The first-order valence-electron chi connectivity index (χ1n) is 6.29. The highest BCUT2D eigenvalue weighted by molar-refractivity contribution is 6.17. The number of carbonyl (C=O) groups is 2. The number of benzene rings is 1. The van der Waals surface area contributed by atoms with E-state index in [4.69, 9.17) is 0 Å². The first kappa shape index (κ1) is 12.3. The van der Waals surface area contributed by atoms with Crippen LogP contribution in [0.3, 0.4) is 0 Å². The van der Waals surface area contributed by atoms with Crippen LogP contribution in [-0.2, 0) is 9.59 Å². The number of nitrogens with one attached hydrogen (secondary N) is 1. The summed E-state index contributed by atoms with van der Waals surface area (Å²) in [6, 6.07) is 9.71. The molecule has 0 unspecified atom stereocenters. The molecular weight excluding hydrogens is 254 g/mol. The molecule has 1 aromatic carbocycles. The Kier molecular flexibility index (Phi) is 2.95. The number of amides is 2. The van der Waals surface area contributed by atoms with Gasteiger partial charge in [-0.2, -0.15) is 5.10 Å². The minimum Gasteiger partial charge on any atom is -0.292 e. The molecule has 0 radical (unpaired) electrons. The van der Waals surface area contributed by atoms with E-state index in [1.807, 2.05) is 43.5 Å². The largest absolute Gasteiger partial charge is 0.292 e. The Bertz CT molecular complexity index is 714. The fraction of sp³-hybridized carbons (Fsp3) is 0.133. The number of rotatable bonds is 2. The molecule has 5 nitrogen and oxygen atoms in total. The summed E-state index contributed by atoms with van der Waals surface area (Å²) in [5.41, 5.74) is 3.09. The molecule has 0 aliphatic carbocycles. The van der Waals surface area contributed by atoms with Gasteiger partial charge in [0.25, 0.3) is 5.91 Å². The monoisotopic (exact) mass is 267 g/mol. The fourth-order valence-corrected chi connectivity index (χ4v) is 2.20. The van der Waals surface area contributed by atoms with Crippen LogP contribution in [0.4, 0.5) is 0 Å². The molecule has 1 aliphatic rings. The lowest BCUT2D eigenvalue weighted by Crippen LogP contribution is -2.19. The van der Waals surface area contributed by atoms with Gasteiger partial charge in [0, 0.05) is 17.3 Å². The number of hydrogen-bond donors (Lipinski definition) is 1. The fourth-order valence-electron chi connectivity index (χ4n) is 2.20. The number of para-hydroxylation sites is 1. The first-order valence-corrected chi connectivity index (χ1v) is 6.29. The van der Waals surface area contributed by atoms with Crippen molar-refractivity contribution in [2.75, 3.05) is 0 Å². The topological polar surface area (TPSA) is 64.0 Å². The third kappa shape index (κ3) is 2.14. The molecule has 1 aliphatic heterocycles. The highest BCUT2D eigenvalue weighted by Crippen LogP contribution is 2.23. The van der Waals surface area contributed by atoms with Gasteiger partial charge < -0.3 is 0 Å². The predicted molar refractivity (Wildman–Crippen MR) is 73.9 cm³/mol. The maximum Gasteiger partial charge on any atom is 0.254 e. The minimum atomic E-state index is -0.306. The molecule has 1 aromatic heterocycles. The predicted octanol–water partition coefficient (Wildman–Crippen LogP) is 1.69. The quantitative estimate of drug-likeness (QED) is 0.665. The van der Waals surface area contributed by atoms with E-state index in [2.05, 4.69) is 10.4 Å². The van der Waals surface area contributed by atoms with E-state index in [0.29, 0.717) is 5.57 Å². The molecule has 0 saturated carbocycles. The van der Waals surface area contributed by atoms with Gasteiger partial charge in [-0.15, -0.1) is 0 Å². The zero-order chi connectivity index (χ0) is 14.1. The van der Waals surface area contributed by atoms with Gasteiger partial charge in [-0.25, -0.2) is 4.68 Å². The minimum absolute atomic E-state index is 0.140. The summed E-state index contributed by atoms with van der Waals surface area (Å²) in [5, 5.41) is 6.58. The van der Waals surface area contributed by atoms with E-state index < -0.39 is 0 Å². The number of aromatic nitrogens is 2. The molecular formula is C15H13N3O2. The number of carbonyl (C=O) groups excluding carboxylic acids is 2.